The van der Waals surface area contributed by atoms with E-state index in [2.05, 4.69) is 10.6 Å². The summed E-state index contributed by atoms with van der Waals surface area (Å²) in [7, 11) is 3.11. The van der Waals surface area contributed by atoms with Crippen molar-refractivity contribution in [3.8, 4) is 11.5 Å². The molecule has 6 nitrogen and oxygen atoms in total. The predicted molar refractivity (Wildman–Crippen MR) is 92.6 cm³/mol. The van der Waals surface area contributed by atoms with E-state index >= 15 is 0 Å². The molecule has 0 atom stereocenters. The van der Waals surface area contributed by atoms with Gasteiger partial charge in [0.15, 0.2) is 0 Å². The topological polar surface area (TPSA) is 76.7 Å². The molecule has 0 aliphatic carbocycles. The first-order valence-electron chi connectivity index (χ1n) is 7.39. The van der Waals surface area contributed by atoms with Crippen LogP contribution in [0.1, 0.15) is 12.5 Å². The SMILES string of the molecule is COc1cc(NC(=O)Cc2ccc(NC(C)=O)cc2)cc(OC)c1. The van der Waals surface area contributed by atoms with Crippen molar-refractivity contribution < 1.29 is 19.1 Å². The Balaban J connectivity index is 2.01. The minimum atomic E-state index is -0.155. The van der Waals surface area contributed by atoms with Gasteiger partial charge in [-0.2, -0.15) is 0 Å². The first-order valence-corrected chi connectivity index (χ1v) is 7.39. The van der Waals surface area contributed by atoms with Crippen LogP contribution in [0.2, 0.25) is 0 Å². The molecule has 2 aromatic rings. The second-order valence-electron chi connectivity index (χ2n) is 5.20. The molecule has 24 heavy (non-hydrogen) atoms. The van der Waals surface area contributed by atoms with Crippen molar-refractivity contribution in [2.24, 2.45) is 0 Å². The summed E-state index contributed by atoms with van der Waals surface area (Å²) >= 11 is 0. The molecule has 0 saturated carbocycles. The summed E-state index contributed by atoms with van der Waals surface area (Å²) in [6.07, 6.45) is 0.222. The second-order valence-corrected chi connectivity index (χ2v) is 5.20. The van der Waals surface area contributed by atoms with E-state index < -0.39 is 0 Å². The number of hydrogen-bond donors (Lipinski definition) is 2. The normalized spacial score (nSPS) is 9.96. The summed E-state index contributed by atoms with van der Waals surface area (Å²) in [5.74, 6) is 0.915. The lowest BCUT2D eigenvalue weighted by molar-refractivity contribution is -0.116. The van der Waals surface area contributed by atoms with Crippen molar-refractivity contribution in [1.82, 2.24) is 0 Å². The maximum atomic E-state index is 12.2. The Kier molecular flexibility index (Phi) is 5.78. The molecule has 0 aliphatic heterocycles. The molecule has 0 fully saturated rings. The van der Waals surface area contributed by atoms with E-state index in [4.69, 9.17) is 9.47 Å². The van der Waals surface area contributed by atoms with Gasteiger partial charge in [-0.15, -0.1) is 0 Å². The third-order valence-corrected chi connectivity index (χ3v) is 3.27. The third-order valence-electron chi connectivity index (χ3n) is 3.27. The zero-order valence-electron chi connectivity index (χ0n) is 13.9. The standard InChI is InChI=1S/C18H20N2O4/c1-12(21)19-14-6-4-13(5-7-14)8-18(22)20-15-9-16(23-2)11-17(10-15)24-3/h4-7,9-11H,8H2,1-3H3,(H,19,21)(H,20,22). The van der Waals surface area contributed by atoms with E-state index in [-0.39, 0.29) is 18.2 Å². The smallest absolute Gasteiger partial charge is 0.228 e. The molecule has 0 unspecified atom stereocenters. The fourth-order valence-corrected chi connectivity index (χ4v) is 2.18. The number of methoxy groups -OCH3 is 2. The van der Waals surface area contributed by atoms with Gasteiger partial charge in [0.1, 0.15) is 11.5 Å². The van der Waals surface area contributed by atoms with Gasteiger partial charge in [0.2, 0.25) is 11.8 Å². The Morgan fingerprint density at radius 2 is 1.46 bits per heavy atom. The van der Waals surface area contributed by atoms with Gasteiger partial charge in [-0.1, -0.05) is 12.1 Å². The van der Waals surface area contributed by atoms with Gasteiger partial charge < -0.3 is 20.1 Å². The van der Waals surface area contributed by atoms with E-state index in [0.717, 1.165) is 5.56 Å². The predicted octanol–water partition coefficient (Wildman–Crippen LogP) is 2.84. The minimum Gasteiger partial charge on any atom is -0.497 e. The van der Waals surface area contributed by atoms with Gasteiger partial charge in [-0.05, 0) is 17.7 Å². The van der Waals surface area contributed by atoms with Crippen LogP contribution >= 0.6 is 0 Å². The maximum absolute atomic E-state index is 12.2. The Bertz CT molecular complexity index is 704. The number of benzene rings is 2. The van der Waals surface area contributed by atoms with E-state index in [1.165, 1.54) is 6.92 Å². The molecule has 2 rings (SSSR count). The molecule has 126 valence electrons. The highest BCUT2D eigenvalue weighted by Gasteiger charge is 2.07. The summed E-state index contributed by atoms with van der Waals surface area (Å²) < 4.78 is 10.4. The maximum Gasteiger partial charge on any atom is 0.228 e. The van der Waals surface area contributed by atoms with E-state index in [1.807, 2.05) is 0 Å². The minimum absolute atomic E-state index is 0.132. The monoisotopic (exact) mass is 328 g/mol. The van der Waals surface area contributed by atoms with Crippen LogP contribution in [0.3, 0.4) is 0 Å². The van der Waals surface area contributed by atoms with Crippen LogP contribution in [0.15, 0.2) is 42.5 Å². The Morgan fingerprint density at radius 1 is 0.875 bits per heavy atom. The number of amides is 2. The lowest BCUT2D eigenvalue weighted by Crippen LogP contribution is -2.14. The number of hydrogen-bond acceptors (Lipinski definition) is 4. The summed E-state index contributed by atoms with van der Waals surface area (Å²) in [6.45, 7) is 1.45. The fraction of sp³-hybridized carbons (Fsp3) is 0.222. The van der Waals surface area contributed by atoms with Crippen LogP contribution in [-0.2, 0) is 16.0 Å². The highest BCUT2D eigenvalue weighted by Crippen LogP contribution is 2.25. The van der Waals surface area contributed by atoms with Crippen molar-refractivity contribution in [2.45, 2.75) is 13.3 Å². The Labute approximate surface area is 140 Å². The molecule has 0 spiro atoms. The van der Waals surface area contributed by atoms with Crippen molar-refractivity contribution in [2.75, 3.05) is 24.9 Å². The van der Waals surface area contributed by atoms with Gasteiger partial charge in [0.25, 0.3) is 0 Å². The molecule has 2 amide bonds. The quantitative estimate of drug-likeness (QED) is 0.855. The average molecular weight is 328 g/mol. The zero-order valence-corrected chi connectivity index (χ0v) is 13.9. The number of ether oxygens (including phenoxy) is 2. The Morgan fingerprint density at radius 3 is 1.96 bits per heavy atom. The summed E-state index contributed by atoms with van der Waals surface area (Å²) in [4.78, 5) is 23.2. The van der Waals surface area contributed by atoms with Gasteiger partial charge in [0, 0.05) is 36.5 Å². The fourth-order valence-electron chi connectivity index (χ4n) is 2.18. The number of carbonyl (C=O) groups excluding carboxylic acids is 2. The third kappa shape index (κ3) is 5.01. The molecule has 0 heterocycles. The van der Waals surface area contributed by atoms with Crippen LogP contribution < -0.4 is 20.1 Å². The molecule has 0 aromatic heterocycles. The number of nitrogens with one attached hydrogen (secondary N) is 2. The molecule has 0 aliphatic rings. The summed E-state index contributed by atoms with van der Waals surface area (Å²) in [6, 6.07) is 12.3. The van der Waals surface area contributed by atoms with Crippen LogP contribution in [0.25, 0.3) is 0 Å². The van der Waals surface area contributed by atoms with E-state index in [9.17, 15) is 9.59 Å². The zero-order chi connectivity index (χ0) is 17.5. The van der Waals surface area contributed by atoms with Crippen molar-refractivity contribution in [1.29, 1.82) is 0 Å². The van der Waals surface area contributed by atoms with Gasteiger partial charge in [0.05, 0.1) is 20.6 Å². The van der Waals surface area contributed by atoms with Crippen LogP contribution in [-0.4, -0.2) is 26.0 Å². The first kappa shape index (κ1) is 17.3. The van der Waals surface area contributed by atoms with Crippen molar-refractivity contribution in [3.05, 3.63) is 48.0 Å². The first-order chi connectivity index (χ1) is 11.5. The van der Waals surface area contributed by atoms with Gasteiger partial charge in [-0.25, -0.2) is 0 Å². The van der Waals surface area contributed by atoms with Crippen molar-refractivity contribution >= 4 is 23.2 Å². The highest BCUT2D eigenvalue weighted by atomic mass is 16.5. The molecule has 0 radical (unpaired) electrons. The Hall–Kier alpha value is -3.02. The number of rotatable bonds is 6. The summed E-state index contributed by atoms with van der Waals surface area (Å²) in [5, 5.41) is 5.50. The van der Waals surface area contributed by atoms with Crippen LogP contribution in [0, 0.1) is 0 Å². The lowest BCUT2D eigenvalue weighted by atomic mass is 10.1. The molecule has 6 heteroatoms. The second kappa shape index (κ2) is 8.01. The van der Waals surface area contributed by atoms with E-state index in [1.54, 1.807) is 56.7 Å². The molecule has 0 bridgehead atoms. The van der Waals surface area contributed by atoms with Crippen LogP contribution in [0.4, 0.5) is 11.4 Å². The summed E-state index contributed by atoms with van der Waals surface area (Å²) in [5.41, 5.74) is 2.15. The molecule has 2 N–H and O–H groups in total. The van der Waals surface area contributed by atoms with E-state index in [0.29, 0.717) is 22.9 Å². The van der Waals surface area contributed by atoms with Crippen molar-refractivity contribution in [3.63, 3.8) is 0 Å². The molecular weight excluding hydrogens is 308 g/mol. The van der Waals surface area contributed by atoms with Gasteiger partial charge >= 0.3 is 0 Å². The molecule has 2 aromatic carbocycles. The van der Waals surface area contributed by atoms with Gasteiger partial charge in [-0.3, -0.25) is 9.59 Å². The number of carbonyl (C=O) groups is 2. The highest BCUT2D eigenvalue weighted by molar-refractivity contribution is 5.93. The number of anilines is 2. The largest absolute Gasteiger partial charge is 0.497 e. The molecular formula is C18H20N2O4. The average Bonchev–Trinajstić information content (AvgIpc) is 2.55. The lowest BCUT2D eigenvalue weighted by Gasteiger charge is -2.10. The van der Waals surface area contributed by atoms with Crippen LogP contribution in [0.5, 0.6) is 11.5 Å². The molecule has 0 saturated heterocycles.